The third-order valence-electron chi connectivity index (χ3n) is 6.42. The molecule has 0 saturated heterocycles. The van der Waals surface area contributed by atoms with Crippen molar-refractivity contribution in [2.24, 2.45) is 5.92 Å². The van der Waals surface area contributed by atoms with E-state index in [4.69, 9.17) is 9.47 Å². The zero-order valence-electron chi connectivity index (χ0n) is 19.1. The number of carbonyl (C=O) groups excluding carboxylic acids is 1. The van der Waals surface area contributed by atoms with Crippen LogP contribution in [0.15, 0.2) is 42.5 Å². The summed E-state index contributed by atoms with van der Waals surface area (Å²) in [6.45, 7) is 1.98. The molecule has 2 aromatic rings. The minimum absolute atomic E-state index is 0.136. The van der Waals surface area contributed by atoms with Gasteiger partial charge < -0.3 is 9.47 Å². The van der Waals surface area contributed by atoms with Gasteiger partial charge in [-0.2, -0.15) is 0 Å². The molecule has 0 aromatic heterocycles. The lowest BCUT2D eigenvalue weighted by Gasteiger charge is -2.28. The van der Waals surface area contributed by atoms with E-state index in [0.717, 1.165) is 56.1 Å². The van der Waals surface area contributed by atoms with Gasteiger partial charge in [0.25, 0.3) is 0 Å². The summed E-state index contributed by atoms with van der Waals surface area (Å²) in [5.41, 5.74) is 3.06. The Labute approximate surface area is 190 Å². The monoisotopic (exact) mass is 444 g/mol. The number of methoxy groups -OCH3 is 1. The Morgan fingerprint density at radius 2 is 1.75 bits per heavy atom. The number of carbonyl (C=O) groups is 1. The molecule has 1 fully saturated rings. The Morgan fingerprint density at radius 1 is 1.06 bits per heavy atom. The molecule has 0 amide bonds. The number of hydrogen-bond donors (Lipinski definition) is 0. The zero-order valence-corrected chi connectivity index (χ0v) is 19.1. The first-order chi connectivity index (χ1) is 15.5. The maximum atomic E-state index is 14.0. The lowest BCUT2D eigenvalue weighted by atomic mass is 9.83. The summed E-state index contributed by atoms with van der Waals surface area (Å²) >= 11 is 0. The van der Waals surface area contributed by atoms with Crippen molar-refractivity contribution in [3.8, 4) is 16.9 Å². The summed E-state index contributed by atoms with van der Waals surface area (Å²) in [6, 6.07) is 13.2. The molecule has 1 atom stereocenters. The van der Waals surface area contributed by atoms with E-state index < -0.39 is 12.1 Å². The third-order valence-corrected chi connectivity index (χ3v) is 6.42. The fraction of sp³-hybridized carbons (Fsp3) is 0.519. The highest BCUT2D eigenvalue weighted by molar-refractivity contribution is 5.74. The second-order valence-electron chi connectivity index (χ2n) is 8.77. The van der Waals surface area contributed by atoms with Gasteiger partial charge in [-0.3, -0.25) is 0 Å². The minimum atomic E-state index is -1.48. The molecule has 3 nitrogen and oxygen atoms in total. The van der Waals surface area contributed by atoms with Gasteiger partial charge in [-0.25, -0.2) is 13.6 Å². The smallest absolute Gasteiger partial charge is 0.340 e. The third kappa shape index (κ3) is 6.78. The Kier molecular flexibility index (Phi) is 9.07. The van der Waals surface area contributed by atoms with E-state index in [2.05, 4.69) is 12.1 Å². The summed E-state index contributed by atoms with van der Waals surface area (Å²) in [4.78, 5) is 11.9. The van der Waals surface area contributed by atoms with Gasteiger partial charge >= 0.3 is 5.97 Å². The highest BCUT2D eigenvalue weighted by Crippen LogP contribution is 2.31. The molecule has 32 heavy (non-hydrogen) atoms. The molecule has 0 bridgehead atoms. The standard InChI is InChI=1S/C27H34F2O3/c1-3-4-5-24(28)27(30)32-23-15-10-20(11-16-23)7-6-19-8-12-21(13-9-19)22-14-17-26(31-2)25(29)18-22/h8-9,12-14,17-18,20,23-24H,3-7,10-11,15-16H2,1-2H3/t20-,23-,24-/m0/s1. The van der Waals surface area contributed by atoms with E-state index in [9.17, 15) is 13.6 Å². The lowest BCUT2D eigenvalue weighted by molar-refractivity contribution is -0.157. The van der Waals surface area contributed by atoms with E-state index in [0.29, 0.717) is 12.3 Å². The van der Waals surface area contributed by atoms with Gasteiger partial charge in [0.05, 0.1) is 7.11 Å². The highest BCUT2D eigenvalue weighted by atomic mass is 19.1. The van der Waals surface area contributed by atoms with E-state index in [1.165, 1.54) is 18.7 Å². The Hall–Kier alpha value is -2.43. The molecule has 0 N–H and O–H groups in total. The topological polar surface area (TPSA) is 35.5 Å². The van der Waals surface area contributed by atoms with E-state index >= 15 is 0 Å². The lowest BCUT2D eigenvalue weighted by Crippen LogP contribution is -2.29. The van der Waals surface area contributed by atoms with E-state index in [-0.39, 0.29) is 24.1 Å². The predicted octanol–water partition coefficient (Wildman–Crippen LogP) is 7.06. The fourth-order valence-electron chi connectivity index (χ4n) is 4.36. The van der Waals surface area contributed by atoms with Crippen molar-refractivity contribution in [1.29, 1.82) is 0 Å². The van der Waals surface area contributed by atoms with Gasteiger partial charge in [0, 0.05) is 0 Å². The molecule has 0 unspecified atom stereocenters. The van der Waals surface area contributed by atoms with Crippen LogP contribution in [-0.2, 0) is 16.0 Å². The van der Waals surface area contributed by atoms with E-state index in [1.807, 2.05) is 25.1 Å². The van der Waals surface area contributed by atoms with Crippen LogP contribution in [0.4, 0.5) is 8.78 Å². The first kappa shape index (κ1) is 24.2. The fourth-order valence-corrected chi connectivity index (χ4v) is 4.36. The summed E-state index contributed by atoms with van der Waals surface area (Å²) in [7, 11) is 1.46. The summed E-state index contributed by atoms with van der Waals surface area (Å²) in [6.07, 6.45) is 5.94. The average molecular weight is 445 g/mol. The number of ether oxygens (including phenoxy) is 2. The molecule has 5 heteroatoms. The Bertz CT molecular complexity index is 858. The number of rotatable bonds is 10. The van der Waals surface area contributed by atoms with Crippen LogP contribution in [0.2, 0.25) is 0 Å². The van der Waals surface area contributed by atoms with Crippen molar-refractivity contribution in [3.63, 3.8) is 0 Å². The van der Waals surface area contributed by atoms with Crippen molar-refractivity contribution < 1.29 is 23.0 Å². The van der Waals surface area contributed by atoms with Crippen LogP contribution in [0.1, 0.15) is 63.9 Å². The Morgan fingerprint density at radius 3 is 2.38 bits per heavy atom. The first-order valence-electron chi connectivity index (χ1n) is 11.8. The number of hydrogen-bond acceptors (Lipinski definition) is 3. The van der Waals surface area contributed by atoms with Crippen molar-refractivity contribution in [1.82, 2.24) is 0 Å². The zero-order chi connectivity index (χ0) is 22.9. The van der Waals surface area contributed by atoms with Crippen molar-refractivity contribution >= 4 is 5.97 Å². The van der Waals surface area contributed by atoms with Gasteiger partial charge in [0.2, 0.25) is 0 Å². The van der Waals surface area contributed by atoms with Gasteiger partial charge in [-0.05, 0) is 79.7 Å². The van der Waals surface area contributed by atoms with Crippen molar-refractivity contribution in [3.05, 3.63) is 53.8 Å². The number of alkyl halides is 1. The molecule has 1 aliphatic carbocycles. The average Bonchev–Trinajstić information content (AvgIpc) is 2.82. The molecule has 174 valence electrons. The SMILES string of the molecule is CCCC[C@H](F)C(=O)O[C@H]1CC[C@H](CCc2ccc(-c3ccc(OC)c(F)c3)cc2)CC1. The van der Waals surface area contributed by atoms with Crippen LogP contribution < -0.4 is 4.74 Å². The van der Waals surface area contributed by atoms with Crippen LogP contribution in [0.5, 0.6) is 5.75 Å². The summed E-state index contributed by atoms with van der Waals surface area (Å²) in [5.74, 6) is -0.200. The van der Waals surface area contributed by atoms with Crippen LogP contribution in [0, 0.1) is 11.7 Å². The quantitative estimate of drug-likeness (QED) is 0.368. The largest absolute Gasteiger partial charge is 0.494 e. The van der Waals surface area contributed by atoms with Crippen LogP contribution in [0.3, 0.4) is 0 Å². The molecular weight excluding hydrogens is 410 g/mol. The summed E-state index contributed by atoms with van der Waals surface area (Å²) < 4.78 is 38.1. The second-order valence-corrected chi connectivity index (χ2v) is 8.77. The van der Waals surface area contributed by atoms with E-state index in [1.54, 1.807) is 6.07 Å². The summed E-state index contributed by atoms with van der Waals surface area (Å²) in [5, 5.41) is 0. The molecular formula is C27H34F2O3. The van der Waals surface area contributed by atoms with Crippen molar-refractivity contribution in [2.45, 2.75) is 77.0 Å². The van der Waals surface area contributed by atoms with Crippen LogP contribution in [-0.4, -0.2) is 25.4 Å². The second kappa shape index (κ2) is 12.0. The first-order valence-corrected chi connectivity index (χ1v) is 11.8. The minimum Gasteiger partial charge on any atom is -0.494 e. The molecule has 0 heterocycles. The molecule has 0 aliphatic heterocycles. The van der Waals surface area contributed by atoms with Gasteiger partial charge in [-0.15, -0.1) is 0 Å². The van der Waals surface area contributed by atoms with Crippen LogP contribution >= 0.6 is 0 Å². The van der Waals surface area contributed by atoms with Gasteiger partial charge in [-0.1, -0.05) is 50.1 Å². The number of unbranched alkanes of at least 4 members (excludes halogenated alkanes) is 1. The number of halogens is 2. The normalized spacial score (nSPS) is 19.4. The molecule has 2 aromatic carbocycles. The molecule has 1 aliphatic rings. The predicted molar refractivity (Wildman–Crippen MR) is 123 cm³/mol. The molecule has 3 rings (SSSR count). The maximum Gasteiger partial charge on any atom is 0.340 e. The van der Waals surface area contributed by atoms with Crippen molar-refractivity contribution in [2.75, 3.05) is 7.11 Å². The number of benzene rings is 2. The highest BCUT2D eigenvalue weighted by Gasteiger charge is 2.27. The molecule has 0 radical (unpaired) electrons. The molecule has 1 saturated carbocycles. The Balaban J connectivity index is 1.42. The maximum absolute atomic E-state index is 14.0. The van der Waals surface area contributed by atoms with Gasteiger partial charge in [0.1, 0.15) is 6.10 Å². The molecule has 0 spiro atoms. The number of aryl methyl sites for hydroxylation is 1. The van der Waals surface area contributed by atoms with Gasteiger partial charge in [0.15, 0.2) is 17.7 Å². The van der Waals surface area contributed by atoms with Crippen LogP contribution in [0.25, 0.3) is 11.1 Å². The number of esters is 1.